The molecule has 1 aromatic rings. The van der Waals surface area contributed by atoms with Crippen molar-refractivity contribution < 1.29 is 19.7 Å². The first kappa shape index (κ1) is 8.87. The highest BCUT2D eigenvalue weighted by atomic mass is 16.5. The van der Waals surface area contributed by atoms with Gasteiger partial charge in [-0.25, -0.2) is 0 Å². The van der Waals surface area contributed by atoms with Gasteiger partial charge in [-0.15, -0.1) is 0 Å². The molecule has 2 rings (SSSR count). The Bertz CT molecular complexity index is 372. The van der Waals surface area contributed by atoms with Gasteiger partial charge in [0.1, 0.15) is 18.1 Å². The van der Waals surface area contributed by atoms with Crippen LogP contribution < -0.4 is 4.74 Å². The number of fused-ring (bicyclic) bond motifs is 1. The first-order valence-corrected chi connectivity index (χ1v) is 4.34. The van der Waals surface area contributed by atoms with Crippen molar-refractivity contribution in [3.05, 3.63) is 23.8 Å². The summed E-state index contributed by atoms with van der Waals surface area (Å²) in [5.41, 5.74) is 0.753. The zero-order valence-corrected chi connectivity index (χ0v) is 7.43. The van der Waals surface area contributed by atoms with Gasteiger partial charge in [-0.2, -0.15) is 0 Å². The number of rotatable bonds is 1. The number of aliphatic carboxylic acids is 1. The Balaban J connectivity index is 2.29. The minimum atomic E-state index is -0.862. The lowest BCUT2D eigenvalue weighted by atomic mass is 9.97. The Labute approximate surface area is 80.7 Å². The van der Waals surface area contributed by atoms with Gasteiger partial charge in [0, 0.05) is 0 Å². The average Bonchev–Trinajstić information content (AvgIpc) is 2.16. The fourth-order valence-corrected chi connectivity index (χ4v) is 1.54. The van der Waals surface area contributed by atoms with Crippen LogP contribution in [0, 0.1) is 5.92 Å². The molecule has 1 aliphatic heterocycles. The Kier molecular flexibility index (Phi) is 2.04. The van der Waals surface area contributed by atoms with Crippen LogP contribution in [-0.4, -0.2) is 22.8 Å². The molecule has 1 atom stereocenters. The fourth-order valence-electron chi connectivity index (χ4n) is 1.54. The molecule has 4 heteroatoms. The quantitative estimate of drug-likeness (QED) is 0.700. The Morgan fingerprint density at radius 2 is 2.29 bits per heavy atom. The average molecular weight is 194 g/mol. The molecular formula is C10H10O4. The van der Waals surface area contributed by atoms with Crippen LogP contribution in [0.4, 0.5) is 0 Å². The summed E-state index contributed by atoms with van der Waals surface area (Å²) in [6.45, 7) is 0.201. The van der Waals surface area contributed by atoms with E-state index in [1.165, 1.54) is 6.07 Å². The molecule has 0 amide bonds. The third-order valence-corrected chi connectivity index (χ3v) is 2.30. The minimum Gasteiger partial charge on any atom is -0.508 e. The molecule has 74 valence electrons. The monoisotopic (exact) mass is 194 g/mol. The Hall–Kier alpha value is -1.71. The van der Waals surface area contributed by atoms with Gasteiger partial charge in [0.2, 0.25) is 0 Å². The summed E-state index contributed by atoms with van der Waals surface area (Å²) < 4.78 is 5.26. The molecule has 0 saturated heterocycles. The van der Waals surface area contributed by atoms with Crippen LogP contribution in [-0.2, 0) is 11.2 Å². The van der Waals surface area contributed by atoms with Crippen LogP contribution in [0.15, 0.2) is 18.2 Å². The summed E-state index contributed by atoms with van der Waals surface area (Å²) in [5, 5.41) is 18.0. The van der Waals surface area contributed by atoms with Crippen molar-refractivity contribution in [2.45, 2.75) is 6.42 Å². The lowest BCUT2D eigenvalue weighted by molar-refractivity contribution is -0.143. The van der Waals surface area contributed by atoms with Crippen molar-refractivity contribution in [1.82, 2.24) is 0 Å². The highest BCUT2D eigenvalue weighted by Gasteiger charge is 2.25. The van der Waals surface area contributed by atoms with E-state index in [0.717, 1.165) is 5.56 Å². The summed E-state index contributed by atoms with van der Waals surface area (Å²) in [6.07, 6.45) is 0.416. The van der Waals surface area contributed by atoms with Crippen molar-refractivity contribution in [2.75, 3.05) is 6.61 Å². The number of benzene rings is 1. The van der Waals surface area contributed by atoms with Crippen LogP contribution in [0.25, 0.3) is 0 Å². The van der Waals surface area contributed by atoms with Crippen LogP contribution >= 0.6 is 0 Å². The number of carboxylic acid groups (broad SMARTS) is 1. The molecule has 2 N–H and O–H groups in total. The maximum Gasteiger partial charge on any atom is 0.310 e. The zero-order valence-electron chi connectivity index (χ0n) is 7.43. The fraction of sp³-hybridized carbons (Fsp3) is 0.300. The number of aromatic hydroxyl groups is 1. The third kappa shape index (κ3) is 1.51. The summed E-state index contributed by atoms with van der Waals surface area (Å²) in [7, 11) is 0. The molecule has 1 aliphatic rings. The topological polar surface area (TPSA) is 66.8 Å². The summed E-state index contributed by atoms with van der Waals surface area (Å²) in [4.78, 5) is 10.7. The van der Waals surface area contributed by atoms with Gasteiger partial charge >= 0.3 is 5.97 Å². The number of hydrogen-bond donors (Lipinski definition) is 2. The molecule has 0 saturated carbocycles. The van der Waals surface area contributed by atoms with E-state index in [1.807, 2.05) is 0 Å². The van der Waals surface area contributed by atoms with Gasteiger partial charge < -0.3 is 14.9 Å². The number of carbonyl (C=O) groups is 1. The predicted molar refractivity (Wildman–Crippen MR) is 48.4 cm³/mol. The Morgan fingerprint density at radius 1 is 1.50 bits per heavy atom. The molecule has 0 fully saturated rings. The van der Waals surface area contributed by atoms with E-state index in [4.69, 9.17) is 9.84 Å². The van der Waals surface area contributed by atoms with Crippen molar-refractivity contribution in [3.63, 3.8) is 0 Å². The van der Waals surface area contributed by atoms with Crippen molar-refractivity contribution >= 4 is 5.97 Å². The number of phenolic OH excluding ortho intramolecular Hbond substituents is 1. The molecular weight excluding hydrogens is 184 g/mol. The van der Waals surface area contributed by atoms with E-state index in [2.05, 4.69) is 0 Å². The number of hydrogen-bond acceptors (Lipinski definition) is 3. The molecule has 0 bridgehead atoms. The van der Waals surface area contributed by atoms with Gasteiger partial charge in [-0.3, -0.25) is 4.79 Å². The SMILES string of the molecule is O=C(O)[C@@H]1COc2ccc(O)cc2C1. The number of phenols is 1. The van der Waals surface area contributed by atoms with Gasteiger partial charge in [0.15, 0.2) is 0 Å². The molecule has 1 heterocycles. The lowest BCUT2D eigenvalue weighted by Crippen LogP contribution is -2.27. The van der Waals surface area contributed by atoms with E-state index in [9.17, 15) is 9.90 Å². The predicted octanol–water partition coefficient (Wildman–Crippen LogP) is 1.03. The first-order valence-electron chi connectivity index (χ1n) is 4.34. The van der Waals surface area contributed by atoms with Crippen LogP contribution in [0.5, 0.6) is 11.5 Å². The van der Waals surface area contributed by atoms with Gasteiger partial charge in [-0.1, -0.05) is 0 Å². The molecule has 0 aliphatic carbocycles. The molecule has 0 aromatic heterocycles. The summed E-state index contributed by atoms with van der Waals surface area (Å²) in [6, 6.07) is 4.73. The second-order valence-corrected chi connectivity index (χ2v) is 3.34. The van der Waals surface area contributed by atoms with Gasteiger partial charge in [0.05, 0.1) is 5.92 Å². The normalized spacial score (nSPS) is 19.6. The number of ether oxygens (including phenoxy) is 1. The maximum absolute atomic E-state index is 10.7. The highest BCUT2D eigenvalue weighted by molar-refractivity contribution is 5.71. The van der Waals surface area contributed by atoms with Crippen LogP contribution in [0.1, 0.15) is 5.56 Å². The standard InChI is InChI=1S/C10H10O4/c11-8-1-2-9-6(4-8)3-7(5-14-9)10(12)13/h1-2,4,7,11H,3,5H2,(H,12,13)/t7-/m0/s1. The van der Waals surface area contributed by atoms with Crippen LogP contribution in [0.3, 0.4) is 0 Å². The van der Waals surface area contributed by atoms with Crippen molar-refractivity contribution in [2.24, 2.45) is 5.92 Å². The summed E-state index contributed by atoms with van der Waals surface area (Å²) in [5.74, 6) is -0.568. The molecule has 0 radical (unpaired) electrons. The van der Waals surface area contributed by atoms with E-state index in [0.29, 0.717) is 12.2 Å². The minimum absolute atomic E-state index is 0.137. The van der Waals surface area contributed by atoms with Crippen molar-refractivity contribution in [1.29, 1.82) is 0 Å². The van der Waals surface area contributed by atoms with E-state index in [1.54, 1.807) is 12.1 Å². The van der Waals surface area contributed by atoms with E-state index < -0.39 is 11.9 Å². The largest absolute Gasteiger partial charge is 0.508 e. The molecule has 14 heavy (non-hydrogen) atoms. The second-order valence-electron chi connectivity index (χ2n) is 3.34. The van der Waals surface area contributed by atoms with Crippen LogP contribution in [0.2, 0.25) is 0 Å². The highest BCUT2D eigenvalue weighted by Crippen LogP contribution is 2.30. The molecule has 4 nitrogen and oxygen atoms in total. The summed E-state index contributed by atoms with van der Waals surface area (Å²) >= 11 is 0. The van der Waals surface area contributed by atoms with Gasteiger partial charge in [0.25, 0.3) is 0 Å². The van der Waals surface area contributed by atoms with E-state index in [-0.39, 0.29) is 12.4 Å². The lowest BCUT2D eigenvalue weighted by Gasteiger charge is -2.22. The van der Waals surface area contributed by atoms with Crippen molar-refractivity contribution in [3.8, 4) is 11.5 Å². The Morgan fingerprint density at radius 3 is 3.00 bits per heavy atom. The first-order chi connectivity index (χ1) is 6.66. The van der Waals surface area contributed by atoms with E-state index >= 15 is 0 Å². The number of carboxylic acids is 1. The third-order valence-electron chi connectivity index (χ3n) is 2.30. The molecule has 0 unspecified atom stereocenters. The maximum atomic E-state index is 10.7. The van der Waals surface area contributed by atoms with Gasteiger partial charge in [-0.05, 0) is 30.2 Å². The second kappa shape index (κ2) is 3.21. The smallest absolute Gasteiger partial charge is 0.310 e. The zero-order chi connectivity index (χ0) is 10.1. The molecule has 1 aromatic carbocycles. The molecule has 0 spiro atoms.